The van der Waals surface area contributed by atoms with Crippen molar-refractivity contribution in [3.05, 3.63) is 60.2 Å². The fraction of sp³-hybridized carbons (Fsp3) is 0.235. The monoisotopic (exact) mass is 284 g/mol. The average Bonchev–Trinajstić information content (AvgIpc) is 2.53. The van der Waals surface area contributed by atoms with E-state index in [2.05, 4.69) is 10.6 Å². The molecule has 2 N–H and O–H groups in total. The van der Waals surface area contributed by atoms with Crippen molar-refractivity contribution >= 4 is 11.6 Å². The summed E-state index contributed by atoms with van der Waals surface area (Å²) < 4.78 is 5.13. The summed E-state index contributed by atoms with van der Waals surface area (Å²) in [5.74, 6) is 0.773. The Hall–Kier alpha value is -2.33. The maximum Gasteiger partial charge on any atom is 0.238 e. The summed E-state index contributed by atoms with van der Waals surface area (Å²) in [4.78, 5) is 11.9. The highest BCUT2D eigenvalue weighted by molar-refractivity contribution is 5.92. The zero-order valence-corrected chi connectivity index (χ0v) is 12.3. The molecule has 0 radical (unpaired) electrons. The maximum absolute atomic E-state index is 11.9. The van der Waals surface area contributed by atoms with Gasteiger partial charge in [-0.1, -0.05) is 30.3 Å². The standard InChI is InChI=1S/C17H20N2O2/c1-13(14-8-10-16(21-2)11-9-14)18-12-17(20)19-15-6-4-3-5-7-15/h3-11,13,18H,12H2,1-2H3,(H,19,20)/t13-/m1/s1. The number of hydrogen-bond donors (Lipinski definition) is 2. The van der Waals surface area contributed by atoms with Crippen LogP contribution in [0, 0.1) is 0 Å². The molecule has 2 aromatic carbocycles. The quantitative estimate of drug-likeness (QED) is 0.857. The third kappa shape index (κ3) is 4.61. The maximum atomic E-state index is 11.9. The number of benzene rings is 2. The summed E-state index contributed by atoms with van der Waals surface area (Å²) in [6.45, 7) is 2.29. The van der Waals surface area contributed by atoms with Crippen molar-refractivity contribution in [1.29, 1.82) is 0 Å². The van der Waals surface area contributed by atoms with Crippen LogP contribution in [0.1, 0.15) is 18.5 Å². The second-order valence-electron chi connectivity index (χ2n) is 4.79. The number of para-hydroxylation sites is 1. The van der Waals surface area contributed by atoms with E-state index in [-0.39, 0.29) is 18.5 Å². The molecule has 21 heavy (non-hydrogen) atoms. The van der Waals surface area contributed by atoms with Crippen molar-refractivity contribution in [1.82, 2.24) is 5.32 Å². The first-order chi connectivity index (χ1) is 10.2. The molecule has 0 aliphatic heterocycles. The van der Waals surface area contributed by atoms with Crippen LogP contribution < -0.4 is 15.4 Å². The van der Waals surface area contributed by atoms with Crippen LogP contribution in [-0.4, -0.2) is 19.6 Å². The summed E-state index contributed by atoms with van der Waals surface area (Å²) >= 11 is 0. The zero-order valence-electron chi connectivity index (χ0n) is 12.3. The number of rotatable bonds is 6. The number of amides is 1. The lowest BCUT2D eigenvalue weighted by Gasteiger charge is -2.14. The highest BCUT2D eigenvalue weighted by Gasteiger charge is 2.08. The lowest BCUT2D eigenvalue weighted by molar-refractivity contribution is -0.115. The van der Waals surface area contributed by atoms with Gasteiger partial charge in [-0.3, -0.25) is 4.79 Å². The summed E-state index contributed by atoms with van der Waals surface area (Å²) in [6.07, 6.45) is 0. The van der Waals surface area contributed by atoms with Gasteiger partial charge in [-0.15, -0.1) is 0 Å². The van der Waals surface area contributed by atoms with Crippen LogP contribution >= 0.6 is 0 Å². The molecule has 2 rings (SSSR count). The highest BCUT2D eigenvalue weighted by atomic mass is 16.5. The molecule has 2 aromatic rings. The van der Waals surface area contributed by atoms with E-state index in [9.17, 15) is 4.79 Å². The third-order valence-corrected chi connectivity index (χ3v) is 3.24. The lowest BCUT2D eigenvalue weighted by atomic mass is 10.1. The normalized spacial score (nSPS) is 11.7. The van der Waals surface area contributed by atoms with Crippen LogP contribution in [0.5, 0.6) is 5.75 Å². The smallest absolute Gasteiger partial charge is 0.238 e. The second-order valence-corrected chi connectivity index (χ2v) is 4.79. The van der Waals surface area contributed by atoms with E-state index in [4.69, 9.17) is 4.74 Å². The zero-order chi connectivity index (χ0) is 15.1. The Morgan fingerprint density at radius 2 is 1.76 bits per heavy atom. The Balaban J connectivity index is 1.82. The van der Waals surface area contributed by atoms with Gasteiger partial charge in [0.05, 0.1) is 13.7 Å². The van der Waals surface area contributed by atoms with E-state index < -0.39 is 0 Å². The molecule has 1 amide bonds. The van der Waals surface area contributed by atoms with Gasteiger partial charge in [0.1, 0.15) is 5.75 Å². The number of carbonyl (C=O) groups is 1. The minimum atomic E-state index is -0.0541. The number of hydrogen-bond acceptors (Lipinski definition) is 3. The molecular weight excluding hydrogens is 264 g/mol. The Kier molecular flexibility index (Phi) is 5.35. The molecule has 0 heterocycles. The van der Waals surface area contributed by atoms with Crippen molar-refractivity contribution in [3.8, 4) is 5.75 Å². The van der Waals surface area contributed by atoms with Gasteiger partial charge in [0.2, 0.25) is 5.91 Å². The molecule has 0 spiro atoms. The van der Waals surface area contributed by atoms with E-state index in [1.165, 1.54) is 0 Å². The number of anilines is 1. The first-order valence-corrected chi connectivity index (χ1v) is 6.91. The minimum Gasteiger partial charge on any atom is -0.497 e. The van der Waals surface area contributed by atoms with Crippen LogP contribution in [0.15, 0.2) is 54.6 Å². The number of nitrogens with one attached hydrogen (secondary N) is 2. The molecule has 110 valence electrons. The van der Waals surface area contributed by atoms with Crippen LogP contribution in [-0.2, 0) is 4.79 Å². The van der Waals surface area contributed by atoms with Crippen molar-refractivity contribution in [2.24, 2.45) is 0 Å². The van der Waals surface area contributed by atoms with Gasteiger partial charge in [0.15, 0.2) is 0 Å². The molecule has 0 aliphatic rings. The first kappa shape index (κ1) is 15.1. The summed E-state index contributed by atoms with van der Waals surface area (Å²) in [7, 11) is 1.64. The number of methoxy groups -OCH3 is 1. The molecule has 1 atom stereocenters. The van der Waals surface area contributed by atoms with E-state index in [1.54, 1.807) is 7.11 Å². The van der Waals surface area contributed by atoms with E-state index >= 15 is 0 Å². The molecule has 0 aliphatic carbocycles. The first-order valence-electron chi connectivity index (χ1n) is 6.91. The SMILES string of the molecule is COc1ccc([C@@H](C)NCC(=O)Nc2ccccc2)cc1. The van der Waals surface area contributed by atoms with Crippen LogP contribution in [0.25, 0.3) is 0 Å². The molecular formula is C17H20N2O2. The predicted octanol–water partition coefficient (Wildman–Crippen LogP) is 2.98. The highest BCUT2D eigenvalue weighted by Crippen LogP contribution is 2.17. The van der Waals surface area contributed by atoms with Gasteiger partial charge in [-0.05, 0) is 36.8 Å². The number of ether oxygens (including phenoxy) is 1. The molecule has 0 aromatic heterocycles. The molecule has 4 nitrogen and oxygen atoms in total. The van der Waals surface area contributed by atoms with E-state index in [1.807, 2.05) is 61.5 Å². The van der Waals surface area contributed by atoms with Crippen LogP contribution in [0.4, 0.5) is 5.69 Å². The predicted molar refractivity (Wildman–Crippen MR) is 84.5 cm³/mol. The van der Waals surface area contributed by atoms with Gasteiger partial charge in [-0.25, -0.2) is 0 Å². The summed E-state index contributed by atoms with van der Waals surface area (Å²) in [6, 6.07) is 17.3. The van der Waals surface area contributed by atoms with Crippen LogP contribution in [0.3, 0.4) is 0 Å². The molecule has 0 unspecified atom stereocenters. The van der Waals surface area contributed by atoms with Gasteiger partial charge in [0.25, 0.3) is 0 Å². The van der Waals surface area contributed by atoms with Gasteiger partial charge in [-0.2, -0.15) is 0 Å². The molecule has 0 saturated heterocycles. The van der Waals surface area contributed by atoms with Crippen molar-refractivity contribution in [2.75, 3.05) is 19.0 Å². The Morgan fingerprint density at radius 3 is 2.38 bits per heavy atom. The molecule has 0 bridgehead atoms. The average molecular weight is 284 g/mol. The fourth-order valence-corrected chi connectivity index (χ4v) is 1.98. The molecule has 0 fully saturated rings. The summed E-state index contributed by atoms with van der Waals surface area (Å²) in [5.41, 5.74) is 1.92. The minimum absolute atomic E-state index is 0.0541. The Labute approximate surface area is 125 Å². The van der Waals surface area contributed by atoms with Crippen molar-refractivity contribution in [2.45, 2.75) is 13.0 Å². The van der Waals surface area contributed by atoms with Crippen molar-refractivity contribution in [3.63, 3.8) is 0 Å². The van der Waals surface area contributed by atoms with E-state index in [0.29, 0.717) is 0 Å². The number of carbonyl (C=O) groups excluding carboxylic acids is 1. The second kappa shape index (κ2) is 7.45. The Morgan fingerprint density at radius 1 is 1.10 bits per heavy atom. The summed E-state index contributed by atoms with van der Waals surface area (Å²) in [5, 5.41) is 6.05. The largest absolute Gasteiger partial charge is 0.497 e. The van der Waals surface area contributed by atoms with E-state index in [0.717, 1.165) is 17.0 Å². The van der Waals surface area contributed by atoms with Crippen molar-refractivity contribution < 1.29 is 9.53 Å². The van der Waals surface area contributed by atoms with Gasteiger partial charge < -0.3 is 15.4 Å². The van der Waals surface area contributed by atoms with Gasteiger partial charge in [0, 0.05) is 11.7 Å². The van der Waals surface area contributed by atoms with Crippen LogP contribution in [0.2, 0.25) is 0 Å². The third-order valence-electron chi connectivity index (χ3n) is 3.24. The lowest BCUT2D eigenvalue weighted by Crippen LogP contribution is -2.30. The topological polar surface area (TPSA) is 50.4 Å². The van der Waals surface area contributed by atoms with Gasteiger partial charge >= 0.3 is 0 Å². The molecule has 0 saturated carbocycles. The molecule has 4 heteroatoms. The Bertz CT molecular complexity index is 567. The fourth-order valence-electron chi connectivity index (χ4n) is 1.98.